The molecular formula is C12H10IN3O3. The van der Waals surface area contributed by atoms with E-state index in [0.717, 1.165) is 9.53 Å². The lowest BCUT2D eigenvalue weighted by atomic mass is 10.2. The van der Waals surface area contributed by atoms with E-state index in [2.05, 4.69) is 37.3 Å². The predicted octanol–water partition coefficient (Wildman–Crippen LogP) is 1.59. The van der Waals surface area contributed by atoms with Gasteiger partial charge in [0.2, 0.25) is 0 Å². The number of fused-ring (bicyclic) bond motifs is 3. The molecule has 3 rings (SSSR count). The van der Waals surface area contributed by atoms with Crippen LogP contribution in [-0.4, -0.2) is 34.2 Å². The molecule has 2 aromatic rings. The van der Waals surface area contributed by atoms with Crippen LogP contribution in [0.5, 0.6) is 5.75 Å². The molecule has 0 bridgehead atoms. The molecule has 0 spiro atoms. The number of nitrogens with zero attached hydrogens (tertiary/aromatic N) is 3. The second kappa shape index (κ2) is 4.80. The SMILES string of the molecule is COC(=O)c1cnc2c(c1)OCCc1nc(I)cn1-2. The zero-order valence-electron chi connectivity index (χ0n) is 10.1. The number of hydrogen-bond acceptors (Lipinski definition) is 5. The van der Waals surface area contributed by atoms with Gasteiger partial charge in [-0.25, -0.2) is 14.8 Å². The average molecular weight is 371 g/mol. The van der Waals surface area contributed by atoms with Gasteiger partial charge >= 0.3 is 5.97 Å². The minimum absolute atomic E-state index is 0.375. The lowest BCUT2D eigenvalue weighted by Crippen LogP contribution is -2.05. The number of carbonyl (C=O) groups excluding carboxylic acids is 1. The number of hydrogen-bond donors (Lipinski definition) is 0. The standard InChI is InChI=1S/C12H10IN3O3/c1-18-12(17)7-4-8-11(14-5-7)16-6-9(13)15-10(16)2-3-19-8/h4-6H,2-3H2,1H3. The maximum Gasteiger partial charge on any atom is 0.339 e. The van der Waals surface area contributed by atoms with Crippen molar-refractivity contribution in [3.63, 3.8) is 0 Å². The third-order valence-electron chi connectivity index (χ3n) is 2.81. The molecule has 0 saturated carbocycles. The summed E-state index contributed by atoms with van der Waals surface area (Å²) in [6.07, 6.45) is 4.08. The van der Waals surface area contributed by atoms with Crippen LogP contribution >= 0.6 is 22.6 Å². The average Bonchev–Trinajstić information content (AvgIpc) is 2.70. The van der Waals surface area contributed by atoms with Gasteiger partial charge in [0.1, 0.15) is 9.53 Å². The summed E-state index contributed by atoms with van der Waals surface area (Å²) in [4.78, 5) is 20.2. The fourth-order valence-electron chi connectivity index (χ4n) is 1.95. The largest absolute Gasteiger partial charge is 0.489 e. The molecule has 19 heavy (non-hydrogen) atoms. The highest BCUT2D eigenvalue weighted by molar-refractivity contribution is 14.1. The molecule has 1 aliphatic heterocycles. The van der Waals surface area contributed by atoms with Gasteiger partial charge in [-0.3, -0.25) is 4.57 Å². The Morgan fingerprint density at radius 3 is 3.21 bits per heavy atom. The summed E-state index contributed by atoms with van der Waals surface area (Å²) in [5.74, 6) is 1.69. The van der Waals surface area contributed by atoms with E-state index in [0.29, 0.717) is 30.2 Å². The van der Waals surface area contributed by atoms with Gasteiger partial charge in [-0.1, -0.05) is 0 Å². The molecule has 0 saturated heterocycles. The van der Waals surface area contributed by atoms with E-state index in [4.69, 9.17) is 4.74 Å². The highest BCUT2D eigenvalue weighted by atomic mass is 127. The number of aromatic nitrogens is 3. The van der Waals surface area contributed by atoms with Gasteiger partial charge in [0, 0.05) is 24.9 Å². The Kier molecular flexibility index (Phi) is 3.13. The van der Waals surface area contributed by atoms with Crippen LogP contribution in [0.25, 0.3) is 5.82 Å². The fraction of sp³-hybridized carbons (Fsp3) is 0.250. The van der Waals surface area contributed by atoms with Crippen LogP contribution in [0.2, 0.25) is 0 Å². The molecule has 0 aliphatic carbocycles. The monoisotopic (exact) mass is 371 g/mol. The van der Waals surface area contributed by atoms with Crippen molar-refractivity contribution in [3.05, 3.63) is 33.5 Å². The van der Waals surface area contributed by atoms with E-state index >= 15 is 0 Å². The third-order valence-corrected chi connectivity index (χ3v) is 3.33. The maximum atomic E-state index is 11.5. The van der Waals surface area contributed by atoms with Crippen LogP contribution in [0.3, 0.4) is 0 Å². The van der Waals surface area contributed by atoms with Crippen LogP contribution in [-0.2, 0) is 11.2 Å². The number of imidazole rings is 1. The molecular weight excluding hydrogens is 361 g/mol. The van der Waals surface area contributed by atoms with E-state index in [-0.39, 0.29) is 0 Å². The van der Waals surface area contributed by atoms with Gasteiger partial charge in [-0.05, 0) is 22.6 Å². The quantitative estimate of drug-likeness (QED) is 0.563. The first kappa shape index (κ1) is 12.4. The molecule has 98 valence electrons. The van der Waals surface area contributed by atoms with Crippen LogP contribution in [0.1, 0.15) is 16.2 Å². The first-order valence-corrected chi connectivity index (χ1v) is 6.72. The summed E-state index contributed by atoms with van der Waals surface area (Å²) < 4.78 is 13.1. The van der Waals surface area contributed by atoms with Crippen molar-refractivity contribution >= 4 is 28.6 Å². The van der Waals surface area contributed by atoms with Crippen molar-refractivity contribution in [3.8, 4) is 11.6 Å². The van der Waals surface area contributed by atoms with Crippen molar-refractivity contribution in [1.82, 2.24) is 14.5 Å². The van der Waals surface area contributed by atoms with Crippen molar-refractivity contribution < 1.29 is 14.3 Å². The number of carbonyl (C=O) groups is 1. The molecule has 0 unspecified atom stereocenters. The molecule has 0 radical (unpaired) electrons. The Labute approximate surface area is 122 Å². The minimum atomic E-state index is -0.427. The molecule has 1 aliphatic rings. The summed E-state index contributed by atoms with van der Waals surface area (Å²) in [5, 5.41) is 0. The third kappa shape index (κ3) is 2.18. The number of ether oxygens (including phenoxy) is 2. The summed E-state index contributed by atoms with van der Waals surface area (Å²) in [5.41, 5.74) is 0.375. The van der Waals surface area contributed by atoms with E-state index in [9.17, 15) is 4.79 Å². The number of halogens is 1. The van der Waals surface area contributed by atoms with Gasteiger partial charge in [0.25, 0.3) is 0 Å². The van der Waals surface area contributed by atoms with Gasteiger partial charge in [0.05, 0.1) is 19.3 Å². The van der Waals surface area contributed by atoms with E-state index in [1.165, 1.54) is 13.3 Å². The second-order valence-electron chi connectivity index (χ2n) is 3.99. The van der Waals surface area contributed by atoms with Crippen LogP contribution < -0.4 is 4.74 Å². The Morgan fingerprint density at radius 1 is 1.58 bits per heavy atom. The smallest absolute Gasteiger partial charge is 0.339 e. The van der Waals surface area contributed by atoms with Crippen LogP contribution in [0.15, 0.2) is 18.5 Å². The molecule has 6 nitrogen and oxygen atoms in total. The van der Waals surface area contributed by atoms with Crippen LogP contribution in [0.4, 0.5) is 0 Å². The molecule has 0 N–H and O–H groups in total. The van der Waals surface area contributed by atoms with Gasteiger partial charge in [-0.15, -0.1) is 0 Å². The van der Waals surface area contributed by atoms with Crippen molar-refractivity contribution in [2.24, 2.45) is 0 Å². The van der Waals surface area contributed by atoms with E-state index < -0.39 is 5.97 Å². The summed E-state index contributed by atoms with van der Waals surface area (Å²) in [6.45, 7) is 0.506. The number of methoxy groups -OCH3 is 1. The molecule has 0 fully saturated rings. The normalized spacial score (nSPS) is 12.9. The Morgan fingerprint density at radius 2 is 2.42 bits per heavy atom. The molecule has 7 heteroatoms. The summed E-state index contributed by atoms with van der Waals surface area (Å²) >= 11 is 2.16. The summed E-state index contributed by atoms with van der Waals surface area (Å²) in [6, 6.07) is 1.65. The molecule has 0 atom stereocenters. The fourth-order valence-corrected chi connectivity index (χ4v) is 2.51. The number of esters is 1. The Hall–Kier alpha value is -1.64. The van der Waals surface area contributed by atoms with Crippen molar-refractivity contribution in [2.75, 3.05) is 13.7 Å². The van der Waals surface area contributed by atoms with Gasteiger partial charge < -0.3 is 9.47 Å². The van der Waals surface area contributed by atoms with Gasteiger partial charge in [0.15, 0.2) is 11.6 Å². The minimum Gasteiger partial charge on any atom is -0.489 e. The number of pyridine rings is 1. The first-order valence-electron chi connectivity index (χ1n) is 5.64. The summed E-state index contributed by atoms with van der Waals surface area (Å²) in [7, 11) is 1.34. The molecule has 2 aromatic heterocycles. The number of rotatable bonds is 1. The Bertz CT molecular complexity index is 654. The topological polar surface area (TPSA) is 66.2 Å². The molecule has 3 heterocycles. The van der Waals surface area contributed by atoms with Gasteiger partial charge in [-0.2, -0.15) is 0 Å². The zero-order chi connectivity index (χ0) is 13.4. The first-order chi connectivity index (χ1) is 9.19. The maximum absolute atomic E-state index is 11.5. The predicted molar refractivity (Wildman–Crippen MR) is 74.6 cm³/mol. The highest BCUT2D eigenvalue weighted by Gasteiger charge is 2.20. The lowest BCUT2D eigenvalue weighted by Gasteiger charge is -2.08. The Balaban J connectivity index is 2.12. The van der Waals surface area contributed by atoms with E-state index in [1.807, 2.05) is 10.8 Å². The molecule has 0 aromatic carbocycles. The lowest BCUT2D eigenvalue weighted by molar-refractivity contribution is 0.0599. The van der Waals surface area contributed by atoms with Crippen LogP contribution in [0, 0.1) is 3.70 Å². The van der Waals surface area contributed by atoms with Crippen molar-refractivity contribution in [2.45, 2.75) is 6.42 Å². The van der Waals surface area contributed by atoms with Crippen molar-refractivity contribution in [1.29, 1.82) is 0 Å². The highest BCUT2D eigenvalue weighted by Crippen LogP contribution is 2.27. The molecule has 0 amide bonds. The zero-order valence-corrected chi connectivity index (χ0v) is 12.2. The van der Waals surface area contributed by atoms with E-state index in [1.54, 1.807) is 6.07 Å². The second-order valence-corrected chi connectivity index (χ2v) is 5.09.